The third-order valence-corrected chi connectivity index (χ3v) is 3.67. The number of hydrogen-bond donors (Lipinski definition) is 1. The summed E-state index contributed by atoms with van der Waals surface area (Å²) in [5.41, 5.74) is 0. The van der Waals surface area contributed by atoms with Crippen molar-refractivity contribution < 1.29 is 24.2 Å². The zero-order valence-electron chi connectivity index (χ0n) is 15.6. The Hall–Kier alpha value is -2.02. The number of ether oxygens (including phenoxy) is 2. The number of rotatable bonds is 16. The Kier molecular flexibility index (Phi) is 16.4. The van der Waals surface area contributed by atoms with Crippen LogP contribution in [0, 0.1) is 24.7 Å². The van der Waals surface area contributed by atoms with Crippen molar-refractivity contribution in [1.82, 2.24) is 4.90 Å². The summed E-state index contributed by atoms with van der Waals surface area (Å²) >= 11 is 0. The molecule has 6 nitrogen and oxygen atoms in total. The summed E-state index contributed by atoms with van der Waals surface area (Å²) in [7, 11) is 0. The molecule has 0 atom stereocenters. The molecule has 0 fully saturated rings. The van der Waals surface area contributed by atoms with Crippen LogP contribution in [-0.2, 0) is 19.1 Å². The molecular formula is C20H31NO5. The molecule has 0 radical (unpaired) electrons. The van der Waals surface area contributed by atoms with E-state index in [0.717, 1.165) is 32.2 Å². The highest BCUT2D eigenvalue weighted by atomic mass is 16.5. The highest BCUT2D eigenvalue weighted by Crippen LogP contribution is 2.05. The molecule has 0 amide bonds. The van der Waals surface area contributed by atoms with Gasteiger partial charge in [0.1, 0.15) is 13.2 Å². The molecular weight excluding hydrogens is 334 g/mol. The molecule has 0 aliphatic rings. The first-order chi connectivity index (χ1) is 12.6. The highest BCUT2D eigenvalue weighted by Gasteiger charge is 2.12. The predicted molar refractivity (Wildman–Crippen MR) is 100 cm³/mol. The first-order valence-electron chi connectivity index (χ1n) is 9.15. The average Bonchev–Trinajstić information content (AvgIpc) is 2.63. The molecule has 0 saturated carbocycles. The summed E-state index contributed by atoms with van der Waals surface area (Å²) < 4.78 is 10.1. The Morgan fingerprint density at radius 3 is 1.77 bits per heavy atom. The van der Waals surface area contributed by atoms with Gasteiger partial charge in [0, 0.05) is 32.5 Å². The first-order valence-corrected chi connectivity index (χ1v) is 9.15. The number of carbonyl (C=O) groups excluding carboxylic acids is 2. The fourth-order valence-corrected chi connectivity index (χ4v) is 2.23. The lowest BCUT2D eigenvalue weighted by molar-refractivity contribution is -0.143. The number of nitrogens with zero attached hydrogens (tertiary/aromatic N) is 1. The predicted octanol–water partition coefficient (Wildman–Crippen LogP) is 1.75. The van der Waals surface area contributed by atoms with Crippen molar-refractivity contribution in [1.29, 1.82) is 0 Å². The quantitative estimate of drug-likeness (QED) is 0.255. The van der Waals surface area contributed by atoms with Crippen LogP contribution in [-0.4, -0.2) is 61.4 Å². The van der Waals surface area contributed by atoms with Crippen LogP contribution >= 0.6 is 0 Å². The molecule has 0 rings (SSSR count). The second-order valence-electron chi connectivity index (χ2n) is 5.83. The lowest BCUT2D eigenvalue weighted by Crippen LogP contribution is -2.30. The van der Waals surface area contributed by atoms with E-state index in [1.165, 1.54) is 0 Å². The van der Waals surface area contributed by atoms with E-state index in [2.05, 4.69) is 16.7 Å². The molecule has 0 spiro atoms. The van der Waals surface area contributed by atoms with Crippen molar-refractivity contribution in [2.45, 2.75) is 51.4 Å². The van der Waals surface area contributed by atoms with E-state index in [1.807, 2.05) is 0 Å². The summed E-state index contributed by atoms with van der Waals surface area (Å²) in [6.45, 7) is 2.49. The van der Waals surface area contributed by atoms with Crippen LogP contribution in [0.1, 0.15) is 51.4 Å². The van der Waals surface area contributed by atoms with Crippen LogP contribution in [0.3, 0.4) is 0 Å². The van der Waals surface area contributed by atoms with Crippen molar-refractivity contribution >= 4 is 11.9 Å². The van der Waals surface area contributed by atoms with Crippen LogP contribution in [0.5, 0.6) is 0 Å². The van der Waals surface area contributed by atoms with E-state index in [9.17, 15) is 9.59 Å². The zero-order valence-corrected chi connectivity index (χ0v) is 15.6. The van der Waals surface area contributed by atoms with Gasteiger partial charge in [0.2, 0.25) is 0 Å². The summed E-state index contributed by atoms with van der Waals surface area (Å²) in [5.74, 6) is 4.25. The topological polar surface area (TPSA) is 76.1 Å². The number of carbonyl (C=O) groups is 2. The maximum atomic E-state index is 11.7. The van der Waals surface area contributed by atoms with Crippen LogP contribution in [0.25, 0.3) is 0 Å². The lowest BCUT2D eigenvalue weighted by atomic mass is 10.2. The molecule has 0 aromatic rings. The van der Waals surface area contributed by atoms with E-state index >= 15 is 0 Å². The number of terminal acetylenes is 2. The molecule has 26 heavy (non-hydrogen) atoms. The fourth-order valence-electron chi connectivity index (χ4n) is 2.23. The van der Waals surface area contributed by atoms with Crippen molar-refractivity contribution in [3.8, 4) is 24.7 Å². The Balaban J connectivity index is 4.19. The van der Waals surface area contributed by atoms with Gasteiger partial charge < -0.3 is 19.5 Å². The molecule has 0 heterocycles. The van der Waals surface area contributed by atoms with Crippen molar-refractivity contribution in [2.75, 3.05) is 39.5 Å². The van der Waals surface area contributed by atoms with Crippen molar-refractivity contribution in [3.05, 3.63) is 0 Å². The Morgan fingerprint density at radius 1 is 0.808 bits per heavy atom. The minimum atomic E-state index is -0.290. The highest BCUT2D eigenvalue weighted by molar-refractivity contribution is 5.70. The standard InChI is InChI=1S/C20H31NO5/c1-3-5-17-25-19(23)11-14-21(13-9-7-8-10-16-22)15-12-20(24)26-18-6-4-2/h1-2,22H,5-18H2. The fraction of sp³-hybridized carbons (Fsp3) is 0.700. The van der Waals surface area contributed by atoms with E-state index in [4.69, 9.17) is 27.4 Å². The minimum Gasteiger partial charge on any atom is -0.465 e. The molecule has 0 bridgehead atoms. The van der Waals surface area contributed by atoms with Crippen LogP contribution in [0.4, 0.5) is 0 Å². The minimum absolute atomic E-state index is 0.205. The summed E-state index contributed by atoms with van der Waals surface area (Å²) in [5, 5.41) is 8.81. The largest absolute Gasteiger partial charge is 0.465 e. The maximum absolute atomic E-state index is 11.7. The van der Waals surface area contributed by atoms with E-state index < -0.39 is 0 Å². The van der Waals surface area contributed by atoms with Crippen molar-refractivity contribution in [3.63, 3.8) is 0 Å². The van der Waals surface area contributed by atoms with Crippen LogP contribution in [0.15, 0.2) is 0 Å². The van der Waals surface area contributed by atoms with Crippen LogP contribution < -0.4 is 0 Å². The molecule has 1 N–H and O–H groups in total. The second-order valence-corrected chi connectivity index (χ2v) is 5.83. The summed E-state index contributed by atoms with van der Waals surface area (Å²) in [6, 6.07) is 0. The molecule has 6 heteroatoms. The third kappa shape index (κ3) is 15.5. The van der Waals surface area contributed by atoms with Gasteiger partial charge in [-0.15, -0.1) is 24.7 Å². The number of aliphatic hydroxyl groups is 1. The van der Waals surface area contributed by atoms with Crippen LogP contribution in [0.2, 0.25) is 0 Å². The molecule has 0 unspecified atom stereocenters. The van der Waals surface area contributed by atoms with Gasteiger partial charge in [0.25, 0.3) is 0 Å². The number of aliphatic hydroxyl groups excluding tert-OH is 1. The number of esters is 2. The van der Waals surface area contributed by atoms with Gasteiger partial charge >= 0.3 is 11.9 Å². The third-order valence-electron chi connectivity index (χ3n) is 3.67. The monoisotopic (exact) mass is 365 g/mol. The number of unbranched alkanes of at least 4 members (excludes halogenated alkanes) is 3. The maximum Gasteiger partial charge on any atom is 0.307 e. The smallest absolute Gasteiger partial charge is 0.307 e. The normalized spacial score (nSPS) is 10.2. The Bertz CT molecular complexity index is 428. The number of hydrogen-bond acceptors (Lipinski definition) is 6. The van der Waals surface area contributed by atoms with Gasteiger partial charge in [-0.3, -0.25) is 9.59 Å². The van der Waals surface area contributed by atoms with Crippen molar-refractivity contribution in [2.24, 2.45) is 0 Å². The summed E-state index contributed by atoms with van der Waals surface area (Å²) in [4.78, 5) is 25.4. The SMILES string of the molecule is C#CCCOC(=O)CCN(CCCCCCO)CCC(=O)OCCC#C. The van der Waals surface area contributed by atoms with Gasteiger partial charge in [-0.25, -0.2) is 0 Å². The summed E-state index contributed by atoms with van der Waals surface area (Å²) in [6.07, 6.45) is 15.3. The lowest BCUT2D eigenvalue weighted by Gasteiger charge is -2.21. The second kappa shape index (κ2) is 17.8. The Labute approximate surface area is 157 Å². The van der Waals surface area contributed by atoms with E-state index in [1.54, 1.807) is 0 Å². The van der Waals surface area contributed by atoms with Gasteiger partial charge in [-0.2, -0.15) is 0 Å². The molecule has 0 aliphatic carbocycles. The Morgan fingerprint density at radius 2 is 1.31 bits per heavy atom. The molecule has 146 valence electrons. The molecule has 0 saturated heterocycles. The van der Waals surface area contributed by atoms with Gasteiger partial charge in [-0.1, -0.05) is 12.8 Å². The molecule has 0 aliphatic heterocycles. The van der Waals surface area contributed by atoms with Gasteiger partial charge in [0.15, 0.2) is 0 Å². The molecule has 0 aromatic carbocycles. The first kappa shape index (κ1) is 24.0. The molecule has 0 aromatic heterocycles. The zero-order chi connectivity index (χ0) is 19.5. The average molecular weight is 365 g/mol. The van der Waals surface area contributed by atoms with E-state index in [0.29, 0.717) is 25.9 Å². The van der Waals surface area contributed by atoms with Gasteiger partial charge in [0.05, 0.1) is 12.8 Å². The van der Waals surface area contributed by atoms with E-state index in [-0.39, 0.29) is 44.6 Å². The van der Waals surface area contributed by atoms with Gasteiger partial charge in [-0.05, 0) is 19.4 Å².